The molecule has 168 valence electrons. The summed E-state index contributed by atoms with van der Waals surface area (Å²) in [6, 6.07) is 22.6. The molecule has 1 aromatic heterocycles. The van der Waals surface area contributed by atoms with Gasteiger partial charge in [0.05, 0.1) is 12.8 Å². The van der Waals surface area contributed by atoms with Gasteiger partial charge in [-0.25, -0.2) is 4.79 Å². The van der Waals surface area contributed by atoms with Gasteiger partial charge in [-0.05, 0) is 23.8 Å². The molecular formula is C26H24N2O5. The third-order valence-electron chi connectivity index (χ3n) is 5.13. The Morgan fingerprint density at radius 1 is 1.00 bits per heavy atom. The number of carbonyl (C=O) groups is 1. The summed E-state index contributed by atoms with van der Waals surface area (Å²) in [5, 5.41) is 23.8. The molecule has 0 aliphatic rings. The third kappa shape index (κ3) is 5.51. The van der Waals surface area contributed by atoms with Gasteiger partial charge in [0, 0.05) is 41.7 Å². The smallest absolute Gasteiger partial charge is 0.339 e. The molecule has 0 fully saturated rings. The van der Waals surface area contributed by atoms with E-state index in [2.05, 4.69) is 40.2 Å². The van der Waals surface area contributed by atoms with Crippen molar-refractivity contribution < 1.29 is 24.6 Å². The van der Waals surface area contributed by atoms with Crippen molar-refractivity contribution in [3.63, 3.8) is 0 Å². The normalized spacial score (nSPS) is 11.2. The summed E-state index contributed by atoms with van der Waals surface area (Å²) < 4.78 is 7.72. The van der Waals surface area contributed by atoms with Gasteiger partial charge < -0.3 is 24.4 Å². The van der Waals surface area contributed by atoms with Crippen molar-refractivity contribution in [1.29, 1.82) is 0 Å². The van der Waals surface area contributed by atoms with Crippen molar-refractivity contribution in [2.24, 2.45) is 5.16 Å². The number of hydrogen-bond donors (Lipinski definition) is 2. The molecule has 0 unspecified atom stereocenters. The van der Waals surface area contributed by atoms with E-state index >= 15 is 0 Å². The molecule has 0 aliphatic heterocycles. The Bertz CT molecular complexity index is 1260. The molecule has 2 N–H and O–H groups in total. The Kier molecular flexibility index (Phi) is 6.90. The molecule has 0 bridgehead atoms. The number of carboxylic acids is 1. The number of benzene rings is 3. The highest BCUT2D eigenvalue weighted by atomic mass is 16.6. The van der Waals surface area contributed by atoms with Gasteiger partial charge in [0.2, 0.25) is 0 Å². The first-order chi connectivity index (χ1) is 16.1. The van der Waals surface area contributed by atoms with Crippen molar-refractivity contribution in [3.05, 3.63) is 95.7 Å². The maximum absolute atomic E-state index is 10.9. The van der Waals surface area contributed by atoms with Crippen molar-refractivity contribution in [2.75, 3.05) is 13.2 Å². The lowest BCUT2D eigenvalue weighted by Gasteiger charge is -2.07. The van der Waals surface area contributed by atoms with E-state index in [-0.39, 0.29) is 11.3 Å². The zero-order chi connectivity index (χ0) is 23.0. The number of fused-ring (bicyclic) bond motifs is 1. The molecule has 7 nitrogen and oxygen atoms in total. The number of phenols is 1. The molecule has 0 spiro atoms. The van der Waals surface area contributed by atoms with Crippen LogP contribution in [0.15, 0.2) is 84.1 Å². The van der Waals surface area contributed by atoms with Gasteiger partial charge in [-0.3, -0.25) is 0 Å². The van der Waals surface area contributed by atoms with Crippen molar-refractivity contribution in [2.45, 2.75) is 13.0 Å². The van der Waals surface area contributed by atoms with E-state index in [1.807, 2.05) is 30.3 Å². The lowest BCUT2D eigenvalue weighted by molar-refractivity contribution is 0.0693. The quantitative estimate of drug-likeness (QED) is 0.206. The average Bonchev–Trinajstić information content (AvgIpc) is 3.16. The highest BCUT2D eigenvalue weighted by Crippen LogP contribution is 2.24. The van der Waals surface area contributed by atoms with Crippen LogP contribution in [-0.2, 0) is 11.4 Å². The second-order valence-electron chi connectivity index (χ2n) is 7.47. The van der Waals surface area contributed by atoms with Crippen LogP contribution in [0.5, 0.6) is 11.5 Å². The number of rotatable bonds is 10. The zero-order valence-corrected chi connectivity index (χ0v) is 17.9. The first kappa shape index (κ1) is 22.0. The van der Waals surface area contributed by atoms with E-state index in [0.717, 1.165) is 23.0 Å². The highest BCUT2D eigenvalue weighted by molar-refractivity contribution is 5.99. The largest absolute Gasteiger partial charge is 0.507 e. The molecule has 0 saturated carbocycles. The van der Waals surface area contributed by atoms with Gasteiger partial charge in [-0.15, -0.1) is 0 Å². The summed E-state index contributed by atoms with van der Waals surface area (Å²) in [5.41, 5.74) is 3.18. The van der Waals surface area contributed by atoms with Crippen LogP contribution < -0.4 is 4.74 Å². The van der Waals surface area contributed by atoms with Crippen LogP contribution in [0.4, 0.5) is 0 Å². The Hall–Kier alpha value is -4.26. The van der Waals surface area contributed by atoms with E-state index < -0.39 is 5.97 Å². The summed E-state index contributed by atoms with van der Waals surface area (Å²) >= 11 is 0. The van der Waals surface area contributed by atoms with Crippen molar-refractivity contribution >= 4 is 23.1 Å². The molecule has 0 atom stereocenters. The van der Waals surface area contributed by atoms with E-state index in [9.17, 15) is 9.90 Å². The fraction of sp³-hybridized carbons (Fsp3) is 0.154. The van der Waals surface area contributed by atoms with Gasteiger partial charge in [0.1, 0.15) is 23.7 Å². The first-order valence-electron chi connectivity index (χ1n) is 10.6. The Morgan fingerprint density at radius 2 is 1.79 bits per heavy atom. The maximum Gasteiger partial charge on any atom is 0.339 e. The number of ether oxygens (including phenoxy) is 1. The summed E-state index contributed by atoms with van der Waals surface area (Å²) in [5.74, 6) is -1.12. The molecule has 0 amide bonds. The van der Waals surface area contributed by atoms with E-state index in [0.29, 0.717) is 25.4 Å². The SMILES string of the molecule is O=C(O)c1ccc(OCCCON=Cc2cn(Cc3ccccc3)c3ccccc23)cc1O. The Morgan fingerprint density at radius 3 is 2.58 bits per heavy atom. The van der Waals surface area contributed by atoms with Crippen molar-refractivity contribution in [1.82, 2.24) is 4.57 Å². The summed E-state index contributed by atoms with van der Waals surface area (Å²) in [7, 11) is 0. The van der Waals surface area contributed by atoms with Crippen LogP contribution in [0.3, 0.4) is 0 Å². The molecule has 4 rings (SSSR count). The molecule has 4 aromatic rings. The molecule has 0 saturated heterocycles. The van der Waals surface area contributed by atoms with E-state index in [1.165, 1.54) is 23.8 Å². The summed E-state index contributed by atoms with van der Waals surface area (Å²) in [6.07, 6.45) is 4.36. The predicted molar refractivity (Wildman–Crippen MR) is 126 cm³/mol. The third-order valence-corrected chi connectivity index (χ3v) is 5.13. The minimum absolute atomic E-state index is 0.162. The molecular weight excluding hydrogens is 420 g/mol. The zero-order valence-electron chi connectivity index (χ0n) is 17.9. The van der Waals surface area contributed by atoms with Gasteiger partial charge in [-0.2, -0.15) is 0 Å². The van der Waals surface area contributed by atoms with Gasteiger partial charge in [0.15, 0.2) is 0 Å². The second kappa shape index (κ2) is 10.4. The Labute approximate surface area is 191 Å². The van der Waals surface area contributed by atoms with Gasteiger partial charge in [-0.1, -0.05) is 53.7 Å². The fourth-order valence-electron chi connectivity index (χ4n) is 3.53. The number of nitrogens with zero attached hydrogens (tertiary/aromatic N) is 2. The van der Waals surface area contributed by atoms with Crippen LogP contribution >= 0.6 is 0 Å². The highest BCUT2D eigenvalue weighted by Gasteiger charge is 2.10. The Balaban J connectivity index is 1.29. The molecule has 0 radical (unpaired) electrons. The number of hydrogen-bond acceptors (Lipinski definition) is 5. The van der Waals surface area contributed by atoms with E-state index in [1.54, 1.807) is 6.21 Å². The van der Waals surface area contributed by atoms with Crippen LogP contribution in [0, 0.1) is 0 Å². The number of para-hydroxylation sites is 1. The molecule has 7 heteroatoms. The van der Waals surface area contributed by atoms with Gasteiger partial charge >= 0.3 is 5.97 Å². The average molecular weight is 444 g/mol. The molecule has 3 aromatic carbocycles. The predicted octanol–water partition coefficient (Wildman–Crippen LogP) is 4.91. The monoisotopic (exact) mass is 444 g/mol. The number of oxime groups is 1. The first-order valence-corrected chi connectivity index (χ1v) is 10.6. The summed E-state index contributed by atoms with van der Waals surface area (Å²) in [4.78, 5) is 16.3. The minimum Gasteiger partial charge on any atom is -0.507 e. The molecule has 33 heavy (non-hydrogen) atoms. The van der Waals surface area contributed by atoms with Crippen LogP contribution in [0.25, 0.3) is 10.9 Å². The maximum atomic E-state index is 10.9. The number of carboxylic acid groups (broad SMARTS) is 1. The summed E-state index contributed by atoms with van der Waals surface area (Å²) in [6.45, 7) is 1.48. The minimum atomic E-state index is -1.19. The van der Waals surface area contributed by atoms with Crippen LogP contribution in [0.2, 0.25) is 0 Å². The van der Waals surface area contributed by atoms with Crippen LogP contribution in [-0.4, -0.2) is 40.2 Å². The number of aromatic carboxylic acids is 1. The van der Waals surface area contributed by atoms with Crippen molar-refractivity contribution in [3.8, 4) is 11.5 Å². The lowest BCUT2D eigenvalue weighted by Crippen LogP contribution is -2.02. The van der Waals surface area contributed by atoms with E-state index in [4.69, 9.17) is 14.7 Å². The fourth-order valence-corrected chi connectivity index (χ4v) is 3.53. The van der Waals surface area contributed by atoms with Crippen LogP contribution in [0.1, 0.15) is 27.9 Å². The second-order valence-corrected chi connectivity index (χ2v) is 7.47. The number of aromatic hydroxyl groups is 1. The molecule has 0 aliphatic carbocycles. The standard InChI is InChI=1S/C26H24N2O5/c29-25-15-21(11-12-23(25)26(30)31)32-13-6-14-33-27-16-20-18-28(17-19-7-2-1-3-8-19)24-10-5-4-9-22(20)24/h1-5,7-12,15-16,18,29H,6,13-14,17H2,(H,30,31). The van der Waals surface area contributed by atoms with Gasteiger partial charge in [0.25, 0.3) is 0 Å². The molecule has 1 heterocycles. The lowest BCUT2D eigenvalue weighted by atomic mass is 10.2. The topological polar surface area (TPSA) is 93.3 Å². The number of aromatic nitrogens is 1.